The van der Waals surface area contributed by atoms with E-state index in [9.17, 15) is 0 Å². The molecule has 3 nitrogen and oxygen atoms in total. The fraction of sp³-hybridized carbons (Fsp3) is 1.00. The Labute approximate surface area is 101 Å². The van der Waals surface area contributed by atoms with Gasteiger partial charge in [0.25, 0.3) is 0 Å². The van der Waals surface area contributed by atoms with E-state index in [4.69, 9.17) is 0 Å². The molecule has 1 fully saturated rings. The van der Waals surface area contributed by atoms with Gasteiger partial charge in [-0.2, -0.15) is 0 Å². The molecule has 3 heteroatoms. The fourth-order valence-electron chi connectivity index (χ4n) is 2.69. The Balaban J connectivity index is 2.36. The molecule has 0 aromatic heterocycles. The van der Waals surface area contributed by atoms with Gasteiger partial charge in [0.2, 0.25) is 0 Å². The van der Waals surface area contributed by atoms with Gasteiger partial charge in [-0.3, -0.25) is 4.90 Å². The van der Waals surface area contributed by atoms with Crippen molar-refractivity contribution in [2.45, 2.75) is 44.7 Å². The van der Waals surface area contributed by atoms with Crippen molar-refractivity contribution in [1.82, 2.24) is 15.1 Å². The Bertz CT molecular complexity index is 201. The second-order valence-corrected chi connectivity index (χ2v) is 5.93. The van der Waals surface area contributed by atoms with E-state index in [0.717, 1.165) is 0 Å². The molecule has 1 aliphatic rings. The smallest absolute Gasteiger partial charge is 0.0168 e. The summed E-state index contributed by atoms with van der Waals surface area (Å²) in [7, 11) is 6.39. The number of piperidine rings is 1. The minimum atomic E-state index is 0.359. The average molecular weight is 227 g/mol. The molecule has 0 aromatic rings. The molecule has 0 bridgehead atoms. The lowest BCUT2D eigenvalue weighted by Crippen LogP contribution is -2.54. The molecule has 0 radical (unpaired) electrons. The van der Waals surface area contributed by atoms with Crippen molar-refractivity contribution in [3.63, 3.8) is 0 Å². The highest BCUT2D eigenvalue weighted by atomic mass is 15.2. The molecule has 1 aliphatic heterocycles. The Morgan fingerprint density at radius 2 is 2.06 bits per heavy atom. The van der Waals surface area contributed by atoms with Crippen LogP contribution in [0.5, 0.6) is 0 Å². The van der Waals surface area contributed by atoms with Crippen LogP contribution in [-0.2, 0) is 0 Å². The lowest BCUT2D eigenvalue weighted by molar-refractivity contribution is 0.0575. The SMILES string of the molecule is CNC1CCN(CCCN(C)C)C(C)(C)C1. The van der Waals surface area contributed by atoms with Crippen LogP contribution in [0.2, 0.25) is 0 Å². The predicted octanol–water partition coefficient (Wildman–Crippen LogP) is 1.40. The van der Waals surface area contributed by atoms with Gasteiger partial charge < -0.3 is 10.2 Å². The van der Waals surface area contributed by atoms with Gasteiger partial charge in [0.1, 0.15) is 0 Å². The zero-order valence-electron chi connectivity index (χ0n) is 11.7. The summed E-state index contributed by atoms with van der Waals surface area (Å²) in [5, 5.41) is 3.42. The highest BCUT2D eigenvalue weighted by molar-refractivity contribution is 4.91. The maximum absolute atomic E-state index is 3.42. The first-order chi connectivity index (χ1) is 7.45. The minimum absolute atomic E-state index is 0.359. The monoisotopic (exact) mass is 227 g/mol. The number of hydrogen-bond donors (Lipinski definition) is 1. The maximum atomic E-state index is 3.42. The highest BCUT2D eigenvalue weighted by Gasteiger charge is 2.33. The molecule has 96 valence electrons. The number of hydrogen-bond acceptors (Lipinski definition) is 3. The van der Waals surface area contributed by atoms with Crippen LogP contribution >= 0.6 is 0 Å². The van der Waals surface area contributed by atoms with Crippen LogP contribution in [-0.4, -0.2) is 62.2 Å². The molecule has 0 aliphatic carbocycles. The lowest BCUT2D eigenvalue weighted by Gasteiger charge is -2.46. The minimum Gasteiger partial charge on any atom is -0.317 e. The number of nitrogens with one attached hydrogen (secondary N) is 1. The molecular formula is C13H29N3. The first-order valence-electron chi connectivity index (χ1n) is 6.53. The molecule has 1 heterocycles. The van der Waals surface area contributed by atoms with Crippen LogP contribution in [0.25, 0.3) is 0 Å². The predicted molar refractivity (Wildman–Crippen MR) is 70.9 cm³/mol. The third kappa shape index (κ3) is 4.04. The Morgan fingerprint density at radius 3 is 2.56 bits per heavy atom. The second kappa shape index (κ2) is 5.99. The second-order valence-electron chi connectivity index (χ2n) is 5.93. The van der Waals surface area contributed by atoms with Crippen molar-refractivity contribution in [3.8, 4) is 0 Å². The Morgan fingerprint density at radius 1 is 1.38 bits per heavy atom. The van der Waals surface area contributed by atoms with Crippen molar-refractivity contribution in [1.29, 1.82) is 0 Å². The molecular weight excluding hydrogens is 198 g/mol. The van der Waals surface area contributed by atoms with Crippen LogP contribution < -0.4 is 5.32 Å². The third-order valence-electron chi connectivity index (χ3n) is 3.79. The first-order valence-corrected chi connectivity index (χ1v) is 6.53. The van der Waals surface area contributed by atoms with Gasteiger partial charge in [-0.05, 0) is 67.3 Å². The largest absolute Gasteiger partial charge is 0.317 e. The maximum Gasteiger partial charge on any atom is 0.0168 e. The lowest BCUT2D eigenvalue weighted by atomic mass is 9.87. The van der Waals surface area contributed by atoms with Crippen LogP contribution in [0, 0.1) is 0 Å². The molecule has 0 aromatic carbocycles. The van der Waals surface area contributed by atoms with E-state index in [-0.39, 0.29) is 0 Å². The fourth-order valence-corrected chi connectivity index (χ4v) is 2.69. The van der Waals surface area contributed by atoms with Gasteiger partial charge in [0.15, 0.2) is 0 Å². The van der Waals surface area contributed by atoms with Crippen molar-refractivity contribution >= 4 is 0 Å². The van der Waals surface area contributed by atoms with E-state index in [1.807, 2.05) is 0 Å². The molecule has 1 unspecified atom stereocenters. The summed E-state index contributed by atoms with van der Waals surface area (Å²) in [5.41, 5.74) is 0.359. The van der Waals surface area contributed by atoms with Crippen molar-refractivity contribution in [2.24, 2.45) is 0 Å². The number of rotatable bonds is 5. The van der Waals surface area contributed by atoms with Gasteiger partial charge in [0, 0.05) is 18.1 Å². The average Bonchev–Trinajstić information content (AvgIpc) is 2.19. The summed E-state index contributed by atoms with van der Waals surface area (Å²) >= 11 is 0. The van der Waals surface area contributed by atoms with E-state index in [0.29, 0.717) is 11.6 Å². The number of nitrogens with zero attached hydrogens (tertiary/aromatic N) is 2. The zero-order chi connectivity index (χ0) is 12.2. The van der Waals surface area contributed by atoms with Gasteiger partial charge in [0.05, 0.1) is 0 Å². The molecule has 1 rings (SSSR count). The van der Waals surface area contributed by atoms with Gasteiger partial charge in [-0.1, -0.05) is 0 Å². The van der Waals surface area contributed by atoms with E-state index >= 15 is 0 Å². The van der Waals surface area contributed by atoms with Crippen LogP contribution in [0.4, 0.5) is 0 Å². The van der Waals surface area contributed by atoms with E-state index in [1.165, 1.54) is 38.9 Å². The number of likely N-dealkylation sites (tertiary alicyclic amines) is 1. The van der Waals surface area contributed by atoms with E-state index in [1.54, 1.807) is 0 Å². The summed E-state index contributed by atoms with van der Waals surface area (Å²) in [4.78, 5) is 4.93. The summed E-state index contributed by atoms with van der Waals surface area (Å²) in [6, 6.07) is 0.708. The highest BCUT2D eigenvalue weighted by Crippen LogP contribution is 2.27. The molecule has 1 saturated heterocycles. The normalized spacial score (nSPS) is 26.2. The van der Waals surface area contributed by atoms with Gasteiger partial charge >= 0.3 is 0 Å². The molecule has 1 N–H and O–H groups in total. The quantitative estimate of drug-likeness (QED) is 0.766. The van der Waals surface area contributed by atoms with Crippen molar-refractivity contribution in [3.05, 3.63) is 0 Å². The molecule has 1 atom stereocenters. The summed E-state index contributed by atoms with van der Waals surface area (Å²) < 4.78 is 0. The Kier molecular flexibility index (Phi) is 5.22. The third-order valence-corrected chi connectivity index (χ3v) is 3.79. The van der Waals surface area contributed by atoms with Crippen LogP contribution in [0.1, 0.15) is 33.1 Å². The molecule has 0 spiro atoms. The van der Waals surface area contributed by atoms with Crippen molar-refractivity contribution in [2.75, 3.05) is 40.8 Å². The topological polar surface area (TPSA) is 18.5 Å². The van der Waals surface area contributed by atoms with Gasteiger partial charge in [-0.15, -0.1) is 0 Å². The van der Waals surface area contributed by atoms with Gasteiger partial charge in [-0.25, -0.2) is 0 Å². The Hall–Kier alpha value is -0.120. The summed E-state index contributed by atoms with van der Waals surface area (Å²) in [5.74, 6) is 0. The van der Waals surface area contributed by atoms with E-state index in [2.05, 4.69) is 50.1 Å². The zero-order valence-corrected chi connectivity index (χ0v) is 11.7. The first kappa shape index (κ1) is 13.9. The van der Waals surface area contributed by atoms with Crippen LogP contribution in [0.3, 0.4) is 0 Å². The summed E-state index contributed by atoms with van der Waals surface area (Å²) in [6.45, 7) is 8.44. The van der Waals surface area contributed by atoms with Crippen molar-refractivity contribution < 1.29 is 0 Å². The molecule has 0 saturated carbocycles. The molecule has 0 amide bonds. The summed E-state index contributed by atoms with van der Waals surface area (Å²) in [6.07, 6.45) is 3.84. The standard InChI is InChI=1S/C13H29N3/c1-13(2)11-12(14-3)7-10-16(13)9-6-8-15(4)5/h12,14H,6-11H2,1-5H3. The van der Waals surface area contributed by atoms with Crippen LogP contribution in [0.15, 0.2) is 0 Å². The van der Waals surface area contributed by atoms with E-state index < -0.39 is 0 Å². The molecule has 16 heavy (non-hydrogen) atoms.